The van der Waals surface area contributed by atoms with Crippen molar-refractivity contribution in [3.8, 4) is 12.3 Å². The van der Waals surface area contributed by atoms with Crippen molar-refractivity contribution in [2.45, 2.75) is 215 Å². The number of aliphatic hydroxyl groups is 20. The Morgan fingerprint density at radius 3 is 0.613 bits per heavy atom. The van der Waals surface area contributed by atoms with Crippen LogP contribution in [0.1, 0.15) is 0 Å². The summed E-state index contributed by atoms with van der Waals surface area (Å²) in [6.07, 6.45) is -63.9. The molecular weight excluding hydrogens is 1100 g/mol. The zero-order valence-corrected chi connectivity index (χ0v) is 42.0. The molecule has 20 N–H and O–H groups in total. The number of hydrogen-bond donors (Lipinski definition) is 20. The van der Waals surface area contributed by atoms with Gasteiger partial charge in [0.1, 0.15) is 178 Å². The molecule has 15 fully saturated rings. The van der Waals surface area contributed by atoms with Gasteiger partial charge in [0.05, 0.1) is 46.2 Å². The van der Waals surface area contributed by atoms with Gasteiger partial charge in [0.25, 0.3) is 0 Å². The quantitative estimate of drug-likeness (QED) is 0.0953. The molecule has 80 heavy (non-hydrogen) atoms. The van der Waals surface area contributed by atoms with E-state index in [2.05, 4.69) is 5.92 Å². The van der Waals surface area contributed by atoms with E-state index in [1.807, 2.05) is 0 Å². The van der Waals surface area contributed by atoms with E-state index in [-0.39, 0.29) is 0 Å². The van der Waals surface area contributed by atoms with Crippen molar-refractivity contribution in [3.05, 3.63) is 0 Å². The van der Waals surface area contributed by atoms with Gasteiger partial charge in [-0.3, -0.25) is 0 Å². The lowest BCUT2D eigenvalue weighted by atomic mass is 9.95. The number of ether oxygens (including phenoxy) is 15. The van der Waals surface area contributed by atoms with E-state index >= 15 is 0 Å². The molecule has 462 valence electrons. The standard InChI is InChI=1S/C45H72O35/c1-2-3-66-38-30(65)37-17(10-52)73-45(38)80-36-16(9-51)72-43(29(64)23(36)58)78-34-14(7-49)70-41(27(62)21(34)56)76-32-12(5-47)68-39(25(60)19(32)54)74-31-11(4-46)67-40(24(59)18(31)53)75-33-13(6-48)69-42(26(61)20(33)55)77-35-15(8-50)71-44(79-37)28(63)22(35)57/h1,11-65H,3-10H2/t11-,12-,13-,14-,15-,16-,17-,18-,19-,20-,21-,22-,23-,24-,25-,26-,27-,28-,29-,30+,31-,32-,33-,34-,35-,36-,37-,38-,39-,40-,41-,42-,43-,44-,45-/m1/s1. The minimum absolute atomic E-state index is 0.582. The molecule has 0 spiro atoms. The van der Waals surface area contributed by atoms with E-state index in [1.54, 1.807) is 0 Å². The van der Waals surface area contributed by atoms with Gasteiger partial charge in [0.2, 0.25) is 0 Å². The highest BCUT2D eigenvalue weighted by Crippen LogP contribution is 2.39. The van der Waals surface area contributed by atoms with Gasteiger partial charge in [0.15, 0.2) is 44.0 Å². The summed E-state index contributed by atoms with van der Waals surface area (Å²) in [5.41, 5.74) is 0. The van der Waals surface area contributed by atoms with Crippen LogP contribution in [0.2, 0.25) is 0 Å². The zero-order valence-electron chi connectivity index (χ0n) is 42.0. The normalized spacial score (nSPS) is 53.6. The summed E-state index contributed by atoms with van der Waals surface area (Å²) in [6.45, 7) is -7.87. The second-order valence-electron chi connectivity index (χ2n) is 20.1. The first kappa shape index (κ1) is 64.2. The Morgan fingerprint density at radius 2 is 0.425 bits per heavy atom. The average Bonchev–Trinajstić information content (AvgIpc) is 3.54. The van der Waals surface area contributed by atoms with Crippen LogP contribution < -0.4 is 0 Å². The Labute approximate surface area is 452 Å². The molecule has 15 saturated heterocycles. The fourth-order valence-electron chi connectivity index (χ4n) is 10.7. The molecule has 35 atom stereocenters. The van der Waals surface area contributed by atoms with Crippen LogP contribution in [0.15, 0.2) is 0 Å². The molecule has 0 unspecified atom stereocenters. The number of rotatable bonds is 9. The van der Waals surface area contributed by atoms with E-state index in [9.17, 15) is 102 Å². The molecule has 0 aromatic carbocycles. The van der Waals surface area contributed by atoms with Crippen molar-refractivity contribution < 1.29 is 173 Å². The average molecular weight is 1170 g/mol. The third kappa shape index (κ3) is 12.7. The Bertz CT molecular complexity index is 1950. The van der Waals surface area contributed by atoms with Gasteiger partial charge in [-0.25, -0.2) is 0 Å². The van der Waals surface area contributed by atoms with Crippen LogP contribution in [-0.2, 0) is 71.1 Å². The number of terminal acetylenes is 1. The Kier molecular flexibility index (Phi) is 22.2. The molecule has 0 saturated carbocycles. The highest BCUT2D eigenvalue weighted by molar-refractivity contribution is 5.02. The molecule has 0 aromatic heterocycles. The molecule has 0 radical (unpaired) electrons. The van der Waals surface area contributed by atoms with E-state index in [4.69, 9.17) is 77.5 Å². The Morgan fingerprint density at radius 1 is 0.250 bits per heavy atom. The van der Waals surface area contributed by atoms with Gasteiger partial charge >= 0.3 is 0 Å². The largest absolute Gasteiger partial charge is 0.394 e. The summed E-state index contributed by atoms with van der Waals surface area (Å²) >= 11 is 0. The van der Waals surface area contributed by atoms with Crippen molar-refractivity contribution in [3.63, 3.8) is 0 Å². The van der Waals surface area contributed by atoms with Crippen molar-refractivity contribution in [1.82, 2.24) is 0 Å². The number of hydrogen-bond acceptors (Lipinski definition) is 35. The fourth-order valence-corrected chi connectivity index (χ4v) is 10.7. The zero-order chi connectivity index (χ0) is 58.2. The molecule has 15 aliphatic rings. The van der Waals surface area contributed by atoms with Crippen molar-refractivity contribution in [2.75, 3.05) is 52.9 Å². The maximum Gasteiger partial charge on any atom is 0.187 e. The predicted molar refractivity (Wildman–Crippen MR) is 241 cm³/mol. The Balaban J connectivity index is 1.10. The summed E-state index contributed by atoms with van der Waals surface area (Å²) in [7, 11) is 0. The minimum Gasteiger partial charge on any atom is -0.394 e. The third-order valence-corrected chi connectivity index (χ3v) is 15.1. The minimum atomic E-state index is -2.21. The fraction of sp³-hybridized carbons (Fsp3) is 0.956. The third-order valence-electron chi connectivity index (χ3n) is 15.1. The molecule has 35 nitrogen and oxygen atoms in total. The van der Waals surface area contributed by atoms with E-state index in [1.165, 1.54) is 0 Å². The lowest BCUT2D eigenvalue weighted by Crippen LogP contribution is -2.68. The van der Waals surface area contributed by atoms with Gasteiger partial charge < -0.3 is 173 Å². The molecule has 35 heteroatoms. The van der Waals surface area contributed by atoms with Crippen LogP contribution in [0.3, 0.4) is 0 Å². The van der Waals surface area contributed by atoms with Gasteiger partial charge in [-0.05, 0) is 0 Å². The second kappa shape index (κ2) is 27.7. The molecule has 14 bridgehead atoms. The van der Waals surface area contributed by atoms with Crippen molar-refractivity contribution in [2.24, 2.45) is 0 Å². The van der Waals surface area contributed by atoms with Crippen molar-refractivity contribution in [1.29, 1.82) is 0 Å². The molecule has 0 aromatic rings. The highest BCUT2D eigenvalue weighted by atomic mass is 16.8. The summed E-state index contributed by atoms with van der Waals surface area (Å²) in [6, 6.07) is 0. The van der Waals surface area contributed by atoms with Crippen LogP contribution in [0, 0.1) is 12.3 Å². The first-order chi connectivity index (χ1) is 38.2. The second-order valence-corrected chi connectivity index (χ2v) is 20.1. The van der Waals surface area contributed by atoms with Gasteiger partial charge in [0, 0.05) is 0 Å². The number of fused-ring (bicyclic) bond motifs is 7. The smallest absolute Gasteiger partial charge is 0.187 e. The maximum absolute atomic E-state index is 11.8. The van der Waals surface area contributed by atoms with Crippen LogP contribution in [-0.4, -0.2) is 370 Å². The molecule has 0 aliphatic carbocycles. The van der Waals surface area contributed by atoms with Crippen LogP contribution in [0.4, 0.5) is 0 Å². The molecule has 15 rings (SSSR count). The first-order valence-corrected chi connectivity index (χ1v) is 25.5. The molecule has 15 heterocycles. The van der Waals surface area contributed by atoms with E-state index < -0.39 is 268 Å². The monoisotopic (exact) mass is 1170 g/mol. The van der Waals surface area contributed by atoms with Gasteiger partial charge in [-0.1, -0.05) is 5.92 Å². The lowest BCUT2D eigenvalue weighted by Gasteiger charge is -2.50. The number of aliphatic hydroxyl groups excluding tert-OH is 20. The van der Waals surface area contributed by atoms with Gasteiger partial charge in [-0.2, -0.15) is 0 Å². The van der Waals surface area contributed by atoms with Crippen LogP contribution in [0.25, 0.3) is 0 Å². The van der Waals surface area contributed by atoms with E-state index in [0.717, 1.165) is 0 Å². The molecular formula is C45H72O35. The predicted octanol–water partition coefficient (Wildman–Crippen LogP) is -14.6. The lowest BCUT2D eigenvalue weighted by molar-refractivity contribution is -0.398. The topological polar surface area (TPSA) is 543 Å². The molecule has 0 amide bonds. The Hall–Kier alpha value is -1.84. The summed E-state index contributed by atoms with van der Waals surface area (Å²) in [5, 5.41) is 221. The van der Waals surface area contributed by atoms with Gasteiger partial charge in [-0.15, -0.1) is 6.42 Å². The van der Waals surface area contributed by atoms with Crippen LogP contribution >= 0.6 is 0 Å². The summed E-state index contributed by atoms with van der Waals surface area (Å²) in [4.78, 5) is 0. The van der Waals surface area contributed by atoms with Crippen LogP contribution in [0.5, 0.6) is 0 Å². The SMILES string of the molecule is C#CCO[C@H]1[C@H]2O[C@H]3[C@H](O)[C@@H](O)[C@@H](O[C@H]4[C@H](O)[C@@H](O)[C@@H](O[C@H]5[C@H](O)[C@@H](O)[C@@H](O[C@H]6[C@H](O)[C@@H](O)[C@@H](O[C@H]7[C@H](O)[C@@H](O)[C@@H](O[C@H]8[C@H](O)[C@@H](O)[C@@H](O[C@@H]([C@@H]1O)[C@@H](CO)O2)O[C@@H]8CO)O[C@@H]7CO)O[C@@H]6CO)O[C@@H]5CO)O[C@@H]4CO)O[C@@H]3CO. The highest BCUT2D eigenvalue weighted by Gasteiger charge is 2.60. The summed E-state index contributed by atoms with van der Waals surface area (Å²) in [5.74, 6) is 2.16. The van der Waals surface area contributed by atoms with Crippen molar-refractivity contribution >= 4 is 0 Å². The maximum atomic E-state index is 11.8. The van der Waals surface area contributed by atoms with E-state index in [0.29, 0.717) is 0 Å². The molecule has 15 aliphatic heterocycles. The summed E-state index contributed by atoms with van der Waals surface area (Å²) < 4.78 is 86.2. The first-order valence-electron chi connectivity index (χ1n) is 25.5.